The van der Waals surface area contributed by atoms with Crippen LogP contribution in [0, 0.1) is 5.82 Å². The van der Waals surface area contributed by atoms with Gasteiger partial charge in [0.05, 0.1) is 11.8 Å². The minimum absolute atomic E-state index is 0.0746. The van der Waals surface area contributed by atoms with Crippen molar-refractivity contribution >= 4 is 17.7 Å². The number of nitrogen functional groups attached to an aromatic ring is 1. The van der Waals surface area contributed by atoms with Crippen LogP contribution >= 0.6 is 11.8 Å². The van der Waals surface area contributed by atoms with Crippen LogP contribution in [0.4, 0.5) is 10.3 Å². The molecule has 2 heterocycles. The van der Waals surface area contributed by atoms with Crippen molar-refractivity contribution in [3.63, 3.8) is 0 Å². The first kappa shape index (κ1) is 10.7. The molecule has 0 saturated carbocycles. The lowest BCUT2D eigenvalue weighted by Gasteiger charge is -2.03. The molecule has 2 aromatic heterocycles. The zero-order chi connectivity index (χ0) is 11.5. The number of pyridine rings is 1. The molecule has 0 saturated heterocycles. The monoisotopic (exact) mass is 237 g/mol. The van der Waals surface area contributed by atoms with E-state index < -0.39 is 5.82 Å². The summed E-state index contributed by atoms with van der Waals surface area (Å²) in [5.41, 5.74) is 5.77. The molecule has 5 nitrogen and oxygen atoms in total. The van der Waals surface area contributed by atoms with E-state index in [2.05, 4.69) is 19.9 Å². The molecule has 0 aromatic carbocycles. The molecule has 0 unspecified atom stereocenters. The normalized spacial score (nSPS) is 10.4. The van der Waals surface area contributed by atoms with Gasteiger partial charge in [0.2, 0.25) is 5.95 Å². The van der Waals surface area contributed by atoms with E-state index in [-0.39, 0.29) is 17.3 Å². The summed E-state index contributed by atoms with van der Waals surface area (Å²) < 4.78 is 13.4. The molecule has 2 aromatic rings. The summed E-state index contributed by atoms with van der Waals surface area (Å²) in [4.78, 5) is 15.5. The average Bonchev–Trinajstić information content (AvgIpc) is 2.28. The third-order valence-electron chi connectivity index (χ3n) is 1.83. The molecule has 0 spiro atoms. The van der Waals surface area contributed by atoms with Crippen LogP contribution in [0.1, 0.15) is 0 Å². The molecule has 0 aliphatic rings. The fraction of sp³-hybridized carbons (Fsp3) is 0.111. The first-order chi connectivity index (χ1) is 7.70. The van der Waals surface area contributed by atoms with Crippen molar-refractivity contribution < 1.29 is 4.39 Å². The number of nitrogens with two attached hydrogens (primary N) is 1. The van der Waals surface area contributed by atoms with Gasteiger partial charge in [0.1, 0.15) is 0 Å². The van der Waals surface area contributed by atoms with Gasteiger partial charge >= 0.3 is 0 Å². The van der Waals surface area contributed by atoms with E-state index in [1.807, 2.05) is 6.26 Å². The maximum absolute atomic E-state index is 13.4. The number of rotatable bonds is 2. The molecule has 0 fully saturated rings. The molecule has 0 amide bonds. The highest BCUT2D eigenvalue weighted by Crippen LogP contribution is 2.20. The van der Waals surface area contributed by atoms with Gasteiger partial charge in [0, 0.05) is 6.20 Å². The predicted octanol–water partition coefficient (Wildman–Crippen LogP) is 1.38. The number of hydrogen-bond acceptors (Lipinski definition) is 6. The van der Waals surface area contributed by atoms with E-state index in [0.29, 0.717) is 5.16 Å². The number of aromatic nitrogens is 4. The van der Waals surface area contributed by atoms with Gasteiger partial charge in [-0.2, -0.15) is 9.97 Å². The topological polar surface area (TPSA) is 77.6 Å². The van der Waals surface area contributed by atoms with E-state index >= 15 is 0 Å². The second-order valence-corrected chi connectivity index (χ2v) is 3.63. The Morgan fingerprint density at radius 2 is 2.12 bits per heavy atom. The van der Waals surface area contributed by atoms with Crippen molar-refractivity contribution in [3.8, 4) is 11.4 Å². The predicted molar refractivity (Wildman–Crippen MR) is 59.2 cm³/mol. The van der Waals surface area contributed by atoms with Crippen molar-refractivity contribution in [2.75, 3.05) is 12.0 Å². The molecule has 16 heavy (non-hydrogen) atoms. The molecule has 0 bridgehead atoms. The van der Waals surface area contributed by atoms with Crippen LogP contribution in [-0.4, -0.2) is 26.2 Å². The van der Waals surface area contributed by atoms with Gasteiger partial charge in [-0.05, 0) is 12.3 Å². The van der Waals surface area contributed by atoms with Gasteiger partial charge in [-0.1, -0.05) is 11.8 Å². The lowest BCUT2D eigenvalue weighted by molar-refractivity contribution is 0.623. The summed E-state index contributed by atoms with van der Waals surface area (Å²) in [6.45, 7) is 0. The number of nitrogens with zero attached hydrogens (tertiary/aromatic N) is 4. The standard InChI is InChI=1S/C9H8FN5S/c1-16-9-14-7(13-8(11)15-9)5-2-3-12-4-6(5)10/h2-4H,1H3,(H2,11,13,14,15). The van der Waals surface area contributed by atoms with Crippen molar-refractivity contribution in [2.45, 2.75) is 5.16 Å². The van der Waals surface area contributed by atoms with Crippen LogP contribution in [0.15, 0.2) is 23.6 Å². The van der Waals surface area contributed by atoms with E-state index in [9.17, 15) is 4.39 Å². The Kier molecular flexibility index (Phi) is 2.95. The van der Waals surface area contributed by atoms with Crippen LogP contribution in [0.25, 0.3) is 11.4 Å². The SMILES string of the molecule is CSc1nc(N)nc(-c2ccncc2F)n1. The fourth-order valence-electron chi connectivity index (χ4n) is 1.14. The first-order valence-electron chi connectivity index (χ1n) is 4.36. The molecular weight excluding hydrogens is 229 g/mol. The highest BCUT2D eigenvalue weighted by atomic mass is 32.2. The Morgan fingerprint density at radius 1 is 1.31 bits per heavy atom. The molecule has 0 aliphatic carbocycles. The minimum atomic E-state index is -0.486. The van der Waals surface area contributed by atoms with Gasteiger partial charge < -0.3 is 5.73 Å². The number of hydrogen-bond donors (Lipinski definition) is 1. The van der Waals surface area contributed by atoms with Crippen LogP contribution in [0.3, 0.4) is 0 Å². The van der Waals surface area contributed by atoms with Crippen molar-refractivity contribution in [1.82, 2.24) is 19.9 Å². The van der Waals surface area contributed by atoms with Gasteiger partial charge in [0.15, 0.2) is 16.8 Å². The van der Waals surface area contributed by atoms with Gasteiger partial charge in [0.25, 0.3) is 0 Å². The third-order valence-corrected chi connectivity index (χ3v) is 2.38. The number of halogens is 1. The van der Waals surface area contributed by atoms with Crippen LogP contribution < -0.4 is 5.73 Å². The molecule has 7 heteroatoms. The van der Waals surface area contributed by atoms with Gasteiger partial charge in [-0.3, -0.25) is 4.98 Å². The Bertz CT molecular complexity index is 519. The van der Waals surface area contributed by atoms with Crippen LogP contribution in [0.5, 0.6) is 0 Å². The van der Waals surface area contributed by atoms with Crippen molar-refractivity contribution in [2.24, 2.45) is 0 Å². The lowest BCUT2D eigenvalue weighted by Crippen LogP contribution is -2.02. The highest BCUT2D eigenvalue weighted by molar-refractivity contribution is 7.98. The van der Waals surface area contributed by atoms with E-state index in [1.54, 1.807) is 0 Å². The Labute approximate surface area is 95.4 Å². The fourth-order valence-corrected chi connectivity index (χ4v) is 1.50. The second kappa shape index (κ2) is 4.40. The largest absolute Gasteiger partial charge is 0.368 e. The quantitative estimate of drug-likeness (QED) is 0.795. The Morgan fingerprint density at radius 3 is 2.81 bits per heavy atom. The van der Waals surface area contributed by atoms with Gasteiger partial charge in [-0.25, -0.2) is 9.37 Å². The summed E-state index contributed by atoms with van der Waals surface area (Å²) in [7, 11) is 0. The molecule has 2 N–H and O–H groups in total. The molecular formula is C9H8FN5S. The second-order valence-electron chi connectivity index (χ2n) is 2.86. The van der Waals surface area contributed by atoms with Crippen molar-refractivity contribution in [1.29, 1.82) is 0 Å². The highest BCUT2D eigenvalue weighted by Gasteiger charge is 2.10. The summed E-state index contributed by atoms with van der Waals surface area (Å²) in [5, 5.41) is 0.457. The number of anilines is 1. The first-order valence-corrected chi connectivity index (χ1v) is 5.58. The summed E-state index contributed by atoms with van der Waals surface area (Å²) in [6, 6.07) is 1.49. The minimum Gasteiger partial charge on any atom is -0.368 e. The molecule has 0 radical (unpaired) electrons. The van der Waals surface area contributed by atoms with Crippen LogP contribution in [0.2, 0.25) is 0 Å². The van der Waals surface area contributed by atoms with Crippen molar-refractivity contribution in [3.05, 3.63) is 24.3 Å². The summed E-state index contributed by atoms with van der Waals surface area (Å²) in [5.74, 6) is -0.192. The molecule has 82 valence electrons. The Hall–Kier alpha value is -1.76. The molecule has 0 atom stereocenters. The maximum Gasteiger partial charge on any atom is 0.224 e. The Balaban J connectivity index is 2.56. The third kappa shape index (κ3) is 2.08. The van der Waals surface area contributed by atoms with Gasteiger partial charge in [-0.15, -0.1) is 0 Å². The zero-order valence-corrected chi connectivity index (χ0v) is 9.20. The summed E-state index contributed by atoms with van der Waals surface area (Å²) >= 11 is 1.32. The maximum atomic E-state index is 13.4. The number of thioether (sulfide) groups is 1. The smallest absolute Gasteiger partial charge is 0.224 e. The van der Waals surface area contributed by atoms with E-state index in [4.69, 9.17) is 5.73 Å². The summed E-state index contributed by atoms with van der Waals surface area (Å²) in [6.07, 6.45) is 4.38. The van der Waals surface area contributed by atoms with E-state index in [0.717, 1.165) is 6.20 Å². The average molecular weight is 237 g/mol. The lowest BCUT2D eigenvalue weighted by atomic mass is 10.2. The molecule has 2 rings (SSSR count). The molecule has 0 aliphatic heterocycles. The van der Waals surface area contributed by atoms with Crippen LogP contribution in [-0.2, 0) is 0 Å². The van der Waals surface area contributed by atoms with E-state index in [1.165, 1.54) is 24.0 Å². The zero-order valence-electron chi connectivity index (χ0n) is 8.38.